The van der Waals surface area contributed by atoms with Gasteiger partial charge in [0.1, 0.15) is 0 Å². The van der Waals surface area contributed by atoms with Gasteiger partial charge in [0.05, 0.1) is 0 Å². The summed E-state index contributed by atoms with van der Waals surface area (Å²) in [4.78, 5) is 0. The first-order valence-electron chi connectivity index (χ1n) is 1.91. The van der Waals surface area contributed by atoms with Gasteiger partial charge in [-0.2, -0.15) is 0 Å². The van der Waals surface area contributed by atoms with Crippen molar-refractivity contribution in [1.82, 2.24) is 0 Å². The normalized spacial score (nSPS) is 17.2. The minimum Gasteiger partial charge on any atom is -0.113 e. The molecule has 0 fully saturated rings. The van der Waals surface area contributed by atoms with Crippen LogP contribution >= 0.6 is 15.9 Å². The molecule has 2 heteroatoms. The van der Waals surface area contributed by atoms with Gasteiger partial charge in [0.2, 0.25) is 0 Å². The zero-order valence-corrected chi connectivity index (χ0v) is 4.90. The minimum atomic E-state index is 1.08. The summed E-state index contributed by atoms with van der Waals surface area (Å²) in [6, 6.07) is 0. The van der Waals surface area contributed by atoms with Crippen molar-refractivity contribution < 1.29 is 0 Å². The number of rotatable bonds is 0. The average Bonchev–Trinajstić information content (AvgIpc) is 1.86. The third kappa shape index (κ3) is 0.746. The summed E-state index contributed by atoms with van der Waals surface area (Å²) in [5.41, 5.74) is 0. The summed E-state index contributed by atoms with van der Waals surface area (Å²) >= 11 is 3.34. The van der Waals surface area contributed by atoms with Crippen LogP contribution in [0.25, 0.3) is 0 Å². The zero-order chi connectivity index (χ0) is 4.41. The molecular formula is C4H4BBr. The molecule has 0 radical (unpaired) electrons. The molecule has 0 bridgehead atoms. The van der Waals surface area contributed by atoms with Gasteiger partial charge < -0.3 is 0 Å². The first kappa shape index (κ1) is 4.19. The fourth-order valence-electron chi connectivity index (χ4n) is 0.421. The van der Waals surface area contributed by atoms with Crippen LogP contribution in [0.4, 0.5) is 0 Å². The van der Waals surface area contributed by atoms with Crippen LogP contribution in [0.5, 0.6) is 0 Å². The highest BCUT2D eigenvalue weighted by molar-refractivity contribution is 9.12. The van der Waals surface area contributed by atoms with Crippen LogP contribution in [0.15, 0.2) is 22.5 Å². The van der Waals surface area contributed by atoms with Crippen LogP contribution < -0.4 is 0 Å². The highest BCUT2D eigenvalue weighted by Gasteiger charge is 1.91. The van der Waals surface area contributed by atoms with E-state index >= 15 is 0 Å². The Morgan fingerprint density at radius 1 is 1.67 bits per heavy atom. The van der Waals surface area contributed by atoms with E-state index in [2.05, 4.69) is 28.0 Å². The predicted molar refractivity (Wildman–Crippen MR) is 33.3 cm³/mol. The van der Waals surface area contributed by atoms with Crippen LogP contribution in [0.2, 0.25) is 0 Å². The maximum absolute atomic E-state index is 3.34. The summed E-state index contributed by atoms with van der Waals surface area (Å²) in [6.07, 6.45) is 4.10. The standard InChI is InChI=1S/C4H4BBr/c6-4-2-1-3-5-4/h1-3,5H. The van der Waals surface area contributed by atoms with Gasteiger partial charge in [-0.3, -0.25) is 0 Å². The predicted octanol–water partition coefficient (Wildman–Crippen LogP) is 1.19. The summed E-state index contributed by atoms with van der Waals surface area (Å²) in [6.45, 7) is 0. The van der Waals surface area contributed by atoms with Crippen LogP contribution in [0.1, 0.15) is 0 Å². The summed E-state index contributed by atoms with van der Waals surface area (Å²) in [5, 5.41) is 0. The Bertz CT molecular complexity index is 104. The van der Waals surface area contributed by atoms with E-state index in [1.807, 2.05) is 6.08 Å². The van der Waals surface area contributed by atoms with Gasteiger partial charge >= 0.3 is 0 Å². The number of allylic oxidation sites excluding steroid dienone is 2. The minimum absolute atomic E-state index is 1.08. The molecule has 0 aromatic rings. The molecule has 1 aliphatic heterocycles. The molecular weight excluding hydrogens is 139 g/mol. The first-order chi connectivity index (χ1) is 2.89. The number of hydrogen-bond donors (Lipinski definition) is 0. The molecule has 1 aliphatic rings. The lowest BCUT2D eigenvalue weighted by atomic mass is 9.82. The molecule has 0 atom stereocenters. The van der Waals surface area contributed by atoms with Gasteiger partial charge in [0.25, 0.3) is 0 Å². The van der Waals surface area contributed by atoms with E-state index < -0.39 is 0 Å². The van der Waals surface area contributed by atoms with Crippen molar-refractivity contribution in [2.24, 2.45) is 0 Å². The van der Waals surface area contributed by atoms with Gasteiger partial charge in [-0.25, -0.2) is 0 Å². The maximum atomic E-state index is 3.34. The van der Waals surface area contributed by atoms with Crippen LogP contribution in [0, 0.1) is 0 Å². The monoisotopic (exact) mass is 142 g/mol. The molecule has 0 spiro atoms. The Kier molecular flexibility index (Phi) is 1.15. The van der Waals surface area contributed by atoms with Crippen molar-refractivity contribution in [3.05, 3.63) is 22.5 Å². The molecule has 0 aliphatic carbocycles. The topological polar surface area (TPSA) is 0 Å². The molecule has 0 aromatic heterocycles. The second-order valence-electron chi connectivity index (χ2n) is 1.25. The van der Waals surface area contributed by atoms with E-state index in [9.17, 15) is 0 Å². The van der Waals surface area contributed by atoms with Gasteiger partial charge in [0.15, 0.2) is 7.28 Å². The van der Waals surface area contributed by atoms with Crippen LogP contribution in [-0.2, 0) is 0 Å². The molecule has 1 heterocycles. The Morgan fingerprint density at radius 2 is 2.50 bits per heavy atom. The molecule has 0 nitrogen and oxygen atoms in total. The highest BCUT2D eigenvalue weighted by Crippen LogP contribution is 2.07. The van der Waals surface area contributed by atoms with Crippen LogP contribution in [0.3, 0.4) is 0 Å². The summed E-state index contributed by atoms with van der Waals surface area (Å²) in [5.74, 6) is 2.12. The lowest BCUT2D eigenvalue weighted by Gasteiger charge is -1.72. The van der Waals surface area contributed by atoms with Gasteiger partial charge in [0, 0.05) is 0 Å². The molecule has 30 valence electrons. The van der Waals surface area contributed by atoms with Crippen LogP contribution in [-0.4, -0.2) is 7.28 Å². The quantitative estimate of drug-likeness (QED) is 0.446. The Labute approximate surface area is 46.3 Å². The van der Waals surface area contributed by atoms with Gasteiger partial charge in [-0.05, 0) is 4.38 Å². The Hall–Kier alpha value is 0.0249. The van der Waals surface area contributed by atoms with Gasteiger partial charge in [-0.15, -0.1) is 5.98 Å². The number of halogens is 1. The van der Waals surface area contributed by atoms with Crippen molar-refractivity contribution in [2.75, 3.05) is 0 Å². The van der Waals surface area contributed by atoms with Crippen molar-refractivity contribution in [1.29, 1.82) is 0 Å². The summed E-state index contributed by atoms with van der Waals surface area (Å²) in [7, 11) is 1.08. The van der Waals surface area contributed by atoms with E-state index in [0.717, 1.165) is 7.28 Å². The molecule has 0 saturated carbocycles. The largest absolute Gasteiger partial charge is 0.192 e. The molecule has 0 unspecified atom stereocenters. The molecule has 6 heavy (non-hydrogen) atoms. The second-order valence-corrected chi connectivity index (χ2v) is 2.26. The Morgan fingerprint density at radius 3 is 2.67 bits per heavy atom. The third-order valence-corrected chi connectivity index (χ3v) is 1.31. The molecule has 0 aromatic carbocycles. The lowest BCUT2D eigenvalue weighted by molar-refractivity contribution is 2.13. The smallest absolute Gasteiger partial charge is 0.113 e. The Balaban J connectivity index is 2.61. The van der Waals surface area contributed by atoms with E-state index in [-0.39, 0.29) is 0 Å². The fraction of sp³-hybridized carbons (Fsp3) is 0. The molecule has 1 rings (SSSR count). The van der Waals surface area contributed by atoms with Crippen molar-refractivity contribution in [3.8, 4) is 0 Å². The second kappa shape index (κ2) is 1.65. The lowest BCUT2D eigenvalue weighted by Crippen LogP contribution is -1.73. The fourth-order valence-corrected chi connectivity index (χ4v) is 0.761. The van der Waals surface area contributed by atoms with E-state index in [1.54, 1.807) is 0 Å². The van der Waals surface area contributed by atoms with Crippen molar-refractivity contribution in [3.63, 3.8) is 0 Å². The maximum Gasteiger partial charge on any atom is 0.192 e. The first-order valence-corrected chi connectivity index (χ1v) is 2.70. The molecule has 0 N–H and O–H groups in total. The highest BCUT2D eigenvalue weighted by atomic mass is 79.9. The van der Waals surface area contributed by atoms with E-state index in [1.165, 1.54) is 4.38 Å². The van der Waals surface area contributed by atoms with Crippen molar-refractivity contribution >= 4 is 23.2 Å². The summed E-state index contributed by atoms with van der Waals surface area (Å²) < 4.78 is 1.28. The third-order valence-electron chi connectivity index (χ3n) is 0.726. The SMILES string of the molecule is BrC1=CC=CB1. The van der Waals surface area contributed by atoms with E-state index in [4.69, 9.17) is 0 Å². The number of hydrogen-bond acceptors (Lipinski definition) is 0. The average molecular weight is 143 g/mol. The van der Waals surface area contributed by atoms with Gasteiger partial charge in [-0.1, -0.05) is 28.1 Å². The zero-order valence-electron chi connectivity index (χ0n) is 3.32. The van der Waals surface area contributed by atoms with Crippen molar-refractivity contribution in [2.45, 2.75) is 0 Å². The molecule has 0 saturated heterocycles. The molecule has 0 amide bonds. The van der Waals surface area contributed by atoms with E-state index in [0.29, 0.717) is 0 Å².